The third-order valence-corrected chi connectivity index (χ3v) is 4.85. The molecule has 0 saturated carbocycles. The van der Waals surface area contributed by atoms with Crippen molar-refractivity contribution >= 4 is 17.2 Å². The molecule has 0 bridgehead atoms. The Hall–Kier alpha value is -2.74. The van der Waals surface area contributed by atoms with Gasteiger partial charge in [0.2, 0.25) is 11.7 Å². The number of hydrogen-bond acceptors (Lipinski definition) is 6. The fraction of sp³-hybridized carbons (Fsp3) is 0.294. The summed E-state index contributed by atoms with van der Waals surface area (Å²) in [6.07, 6.45) is 0. The van der Waals surface area contributed by atoms with E-state index in [-0.39, 0.29) is 25.1 Å². The van der Waals surface area contributed by atoms with E-state index < -0.39 is 0 Å². The minimum Gasteiger partial charge on any atom is -0.485 e. The molecule has 8 heteroatoms. The summed E-state index contributed by atoms with van der Waals surface area (Å²) in [5.41, 5.74) is 0. The molecule has 0 N–H and O–H groups in total. The number of para-hydroxylation sites is 1. The number of thiophene rings is 1. The second-order valence-electron chi connectivity index (χ2n) is 5.53. The maximum absolute atomic E-state index is 12.4. The molecule has 7 nitrogen and oxygen atoms in total. The SMILES string of the molecule is CC(c1cccs1)N(C)C(=O)Cn1nnc(COc2ccccc2)n1. The zero-order valence-electron chi connectivity index (χ0n) is 14.1. The van der Waals surface area contributed by atoms with Crippen molar-refractivity contribution in [3.8, 4) is 5.75 Å². The summed E-state index contributed by atoms with van der Waals surface area (Å²) in [7, 11) is 1.78. The van der Waals surface area contributed by atoms with Crippen molar-refractivity contribution in [1.82, 2.24) is 25.1 Å². The first kappa shape index (κ1) is 17.1. The molecule has 2 aromatic heterocycles. The van der Waals surface area contributed by atoms with Gasteiger partial charge in [-0.15, -0.1) is 21.5 Å². The second kappa shape index (κ2) is 7.89. The topological polar surface area (TPSA) is 73.1 Å². The zero-order chi connectivity index (χ0) is 17.6. The van der Waals surface area contributed by atoms with Crippen LogP contribution in [0.5, 0.6) is 5.75 Å². The molecule has 130 valence electrons. The Morgan fingerprint density at radius 3 is 2.80 bits per heavy atom. The van der Waals surface area contributed by atoms with Crippen LogP contribution >= 0.6 is 11.3 Å². The molecule has 0 aliphatic rings. The Kier molecular flexibility index (Phi) is 5.39. The number of hydrogen-bond donors (Lipinski definition) is 0. The molecule has 2 heterocycles. The Labute approximate surface area is 149 Å². The molecule has 0 spiro atoms. The summed E-state index contributed by atoms with van der Waals surface area (Å²) < 4.78 is 5.57. The lowest BCUT2D eigenvalue weighted by atomic mass is 10.2. The normalized spacial score (nSPS) is 11.9. The van der Waals surface area contributed by atoms with Gasteiger partial charge in [0, 0.05) is 11.9 Å². The lowest BCUT2D eigenvalue weighted by molar-refractivity contribution is -0.132. The first-order valence-electron chi connectivity index (χ1n) is 7.87. The highest BCUT2D eigenvalue weighted by Crippen LogP contribution is 2.23. The van der Waals surface area contributed by atoms with Gasteiger partial charge < -0.3 is 9.64 Å². The molecule has 0 fully saturated rings. The summed E-state index contributed by atoms with van der Waals surface area (Å²) in [6.45, 7) is 2.25. The van der Waals surface area contributed by atoms with E-state index in [0.29, 0.717) is 5.82 Å². The highest BCUT2D eigenvalue weighted by Gasteiger charge is 2.19. The molecule has 0 aliphatic heterocycles. The van der Waals surface area contributed by atoms with E-state index in [1.54, 1.807) is 23.3 Å². The van der Waals surface area contributed by atoms with Crippen LogP contribution in [0.3, 0.4) is 0 Å². The van der Waals surface area contributed by atoms with Crippen LogP contribution in [0.4, 0.5) is 0 Å². The molecular weight excluding hydrogens is 338 g/mol. The number of carbonyl (C=O) groups is 1. The maximum atomic E-state index is 12.4. The fourth-order valence-electron chi connectivity index (χ4n) is 2.23. The van der Waals surface area contributed by atoms with Gasteiger partial charge in [-0.05, 0) is 35.7 Å². The van der Waals surface area contributed by atoms with Gasteiger partial charge in [-0.25, -0.2) is 0 Å². The van der Waals surface area contributed by atoms with Crippen molar-refractivity contribution in [2.45, 2.75) is 26.1 Å². The highest BCUT2D eigenvalue weighted by atomic mass is 32.1. The van der Waals surface area contributed by atoms with Crippen LogP contribution < -0.4 is 4.74 Å². The third-order valence-electron chi connectivity index (χ3n) is 3.81. The largest absolute Gasteiger partial charge is 0.485 e. The van der Waals surface area contributed by atoms with Crippen molar-refractivity contribution < 1.29 is 9.53 Å². The van der Waals surface area contributed by atoms with Crippen molar-refractivity contribution in [2.24, 2.45) is 0 Å². The second-order valence-corrected chi connectivity index (χ2v) is 6.51. The third kappa shape index (κ3) is 4.42. The van der Waals surface area contributed by atoms with Gasteiger partial charge in [-0.2, -0.15) is 4.80 Å². The molecule has 1 atom stereocenters. The lowest BCUT2D eigenvalue weighted by Gasteiger charge is -2.23. The number of ether oxygens (including phenoxy) is 1. The van der Waals surface area contributed by atoms with Crippen LogP contribution in [0, 0.1) is 0 Å². The van der Waals surface area contributed by atoms with Gasteiger partial charge in [0.1, 0.15) is 12.3 Å². The number of likely N-dealkylation sites (N-methyl/N-ethyl adjacent to an activating group) is 1. The molecule has 0 radical (unpaired) electrons. The predicted molar refractivity (Wildman–Crippen MR) is 94.1 cm³/mol. The molecule has 1 amide bonds. The average Bonchev–Trinajstić information content (AvgIpc) is 3.31. The summed E-state index contributed by atoms with van der Waals surface area (Å²) in [4.78, 5) is 16.5. The van der Waals surface area contributed by atoms with E-state index in [1.165, 1.54) is 4.80 Å². The van der Waals surface area contributed by atoms with E-state index in [1.807, 2.05) is 54.8 Å². The van der Waals surface area contributed by atoms with Gasteiger partial charge in [0.25, 0.3) is 0 Å². The predicted octanol–water partition coefficient (Wildman–Crippen LogP) is 2.53. The van der Waals surface area contributed by atoms with E-state index in [0.717, 1.165) is 10.6 Å². The molecule has 0 saturated heterocycles. The number of benzene rings is 1. The maximum Gasteiger partial charge on any atom is 0.246 e. The average molecular weight is 357 g/mol. The van der Waals surface area contributed by atoms with Crippen LogP contribution in [0.25, 0.3) is 0 Å². The summed E-state index contributed by atoms with van der Waals surface area (Å²) in [5.74, 6) is 1.10. The first-order valence-corrected chi connectivity index (χ1v) is 8.75. The van der Waals surface area contributed by atoms with E-state index in [2.05, 4.69) is 15.4 Å². The first-order chi connectivity index (χ1) is 12.1. The van der Waals surface area contributed by atoms with Crippen LogP contribution in [0.1, 0.15) is 23.7 Å². The Balaban J connectivity index is 1.54. The Bertz CT molecular complexity index is 804. The van der Waals surface area contributed by atoms with E-state index in [4.69, 9.17) is 4.74 Å². The van der Waals surface area contributed by atoms with E-state index >= 15 is 0 Å². The summed E-state index contributed by atoms with van der Waals surface area (Å²) >= 11 is 1.63. The van der Waals surface area contributed by atoms with Crippen molar-refractivity contribution in [3.63, 3.8) is 0 Å². The van der Waals surface area contributed by atoms with Gasteiger partial charge in [-0.1, -0.05) is 24.3 Å². The minimum absolute atomic E-state index is 0.0110. The molecule has 3 aromatic rings. The number of aromatic nitrogens is 4. The minimum atomic E-state index is -0.0752. The summed E-state index contributed by atoms with van der Waals surface area (Å²) in [6, 6.07) is 13.4. The van der Waals surface area contributed by atoms with Crippen molar-refractivity contribution in [3.05, 3.63) is 58.5 Å². The van der Waals surface area contributed by atoms with Gasteiger partial charge >= 0.3 is 0 Å². The van der Waals surface area contributed by atoms with Gasteiger partial charge in [0.05, 0.1) is 6.04 Å². The molecule has 3 rings (SSSR count). The highest BCUT2D eigenvalue weighted by molar-refractivity contribution is 7.10. The van der Waals surface area contributed by atoms with Crippen LogP contribution in [-0.4, -0.2) is 38.1 Å². The van der Waals surface area contributed by atoms with Crippen LogP contribution in [0.15, 0.2) is 47.8 Å². The number of nitrogens with zero attached hydrogens (tertiary/aromatic N) is 5. The smallest absolute Gasteiger partial charge is 0.246 e. The van der Waals surface area contributed by atoms with Crippen molar-refractivity contribution in [1.29, 1.82) is 0 Å². The quantitative estimate of drug-likeness (QED) is 0.650. The van der Waals surface area contributed by atoms with Crippen LogP contribution in [-0.2, 0) is 17.9 Å². The molecule has 1 unspecified atom stereocenters. The van der Waals surface area contributed by atoms with Gasteiger partial charge in [-0.3, -0.25) is 4.79 Å². The zero-order valence-corrected chi connectivity index (χ0v) is 14.9. The fourth-order valence-corrected chi connectivity index (χ4v) is 3.06. The number of rotatable bonds is 7. The summed E-state index contributed by atoms with van der Waals surface area (Å²) in [5, 5.41) is 14.0. The molecule has 25 heavy (non-hydrogen) atoms. The van der Waals surface area contributed by atoms with Crippen LogP contribution in [0.2, 0.25) is 0 Å². The van der Waals surface area contributed by atoms with Gasteiger partial charge in [0.15, 0.2) is 6.61 Å². The standard InChI is InChI=1S/C17H19N5O2S/c1-13(15-9-6-10-25-15)21(2)17(23)11-22-19-16(18-20-22)12-24-14-7-4-3-5-8-14/h3-10,13H,11-12H2,1-2H3. The number of carbonyl (C=O) groups excluding carboxylic acids is 1. The van der Waals surface area contributed by atoms with Crippen molar-refractivity contribution in [2.75, 3.05) is 7.05 Å². The Morgan fingerprint density at radius 2 is 2.08 bits per heavy atom. The monoisotopic (exact) mass is 357 g/mol. The lowest BCUT2D eigenvalue weighted by Crippen LogP contribution is -2.32. The molecule has 1 aromatic carbocycles. The molecular formula is C17H19N5O2S. The number of tetrazole rings is 1. The molecule has 0 aliphatic carbocycles. The number of amides is 1. The Morgan fingerprint density at radius 1 is 1.28 bits per heavy atom. The van der Waals surface area contributed by atoms with E-state index in [9.17, 15) is 4.79 Å².